The van der Waals surface area contributed by atoms with Crippen LogP contribution in [-0.2, 0) is 0 Å². The van der Waals surface area contributed by atoms with E-state index in [1.807, 2.05) is 22.9 Å². The predicted molar refractivity (Wildman–Crippen MR) is 101 cm³/mol. The van der Waals surface area contributed by atoms with E-state index in [0.29, 0.717) is 0 Å². The van der Waals surface area contributed by atoms with Crippen molar-refractivity contribution in [1.29, 1.82) is 0 Å². The maximum Gasteiger partial charge on any atom is 0.317 e. The van der Waals surface area contributed by atoms with Gasteiger partial charge in [-0.1, -0.05) is 6.07 Å². The zero-order valence-electron chi connectivity index (χ0n) is 14.9. The fourth-order valence-corrected chi connectivity index (χ4v) is 4.47. The van der Waals surface area contributed by atoms with Crippen LogP contribution in [0.5, 0.6) is 0 Å². The maximum absolute atomic E-state index is 12.5. The molecule has 0 bridgehead atoms. The number of rotatable bonds is 2. The molecule has 3 rings (SSSR count). The molecule has 2 aliphatic rings. The van der Waals surface area contributed by atoms with E-state index in [-0.39, 0.29) is 16.8 Å². The summed E-state index contributed by atoms with van der Waals surface area (Å²) in [4.78, 5) is 21.3. The molecule has 6 heteroatoms. The Labute approximate surface area is 149 Å². The molecule has 0 radical (unpaired) electrons. The maximum atomic E-state index is 12.5. The third-order valence-electron chi connectivity index (χ3n) is 4.76. The predicted octanol–water partition coefficient (Wildman–Crippen LogP) is 2.90. The Kier molecular flexibility index (Phi) is 5.23. The van der Waals surface area contributed by atoms with Crippen molar-refractivity contribution in [3.63, 3.8) is 0 Å². The number of urea groups is 1. The van der Waals surface area contributed by atoms with Gasteiger partial charge >= 0.3 is 6.03 Å². The second-order valence-corrected chi connectivity index (χ2v) is 9.24. The number of pyridine rings is 1. The number of carbonyl (C=O) groups excluding carboxylic acids is 1. The molecule has 5 nitrogen and oxygen atoms in total. The molecule has 2 fully saturated rings. The smallest absolute Gasteiger partial charge is 0.317 e. The van der Waals surface area contributed by atoms with Crippen LogP contribution < -0.4 is 10.2 Å². The lowest BCUT2D eigenvalue weighted by molar-refractivity contribution is 0.188. The van der Waals surface area contributed by atoms with E-state index in [4.69, 9.17) is 0 Å². The molecule has 0 spiro atoms. The third-order valence-corrected chi connectivity index (χ3v) is 6.05. The first-order chi connectivity index (χ1) is 11.4. The van der Waals surface area contributed by atoms with Crippen molar-refractivity contribution in [3.8, 4) is 0 Å². The number of amides is 2. The van der Waals surface area contributed by atoms with Crippen molar-refractivity contribution in [3.05, 3.63) is 23.9 Å². The minimum Gasteiger partial charge on any atom is -0.356 e. The van der Waals surface area contributed by atoms with Gasteiger partial charge in [0.15, 0.2) is 0 Å². The van der Waals surface area contributed by atoms with E-state index in [0.717, 1.165) is 50.6 Å². The summed E-state index contributed by atoms with van der Waals surface area (Å²) in [5.74, 6) is 2.07. The van der Waals surface area contributed by atoms with Gasteiger partial charge < -0.3 is 15.1 Å². The number of carbonyl (C=O) groups is 1. The zero-order chi connectivity index (χ0) is 17.2. The highest BCUT2D eigenvalue weighted by Gasteiger charge is 2.31. The summed E-state index contributed by atoms with van der Waals surface area (Å²) in [5.41, 5.74) is 1.18. The lowest BCUT2D eigenvalue weighted by Crippen LogP contribution is -2.54. The average molecular weight is 349 g/mol. The molecule has 24 heavy (non-hydrogen) atoms. The highest BCUT2D eigenvalue weighted by atomic mass is 32.2. The summed E-state index contributed by atoms with van der Waals surface area (Å²) in [5, 5.41) is 3.24. The second-order valence-electron chi connectivity index (χ2n) is 7.43. The number of anilines is 1. The lowest BCUT2D eigenvalue weighted by atomic mass is 10.1. The van der Waals surface area contributed by atoms with Gasteiger partial charge in [0.05, 0.1) is 0 Å². The van der Waals surface area contributed by atoms with Gasteiger partial charge in [-0.2, -0.15) is 11.8 Å². The fraction of sp³-hybridized carbons (Fsp3) is 0.667. The summed E-state index contributed by atoms with van der Waals surface area (Å²) in [6, 6.07) is 4.57. The second kappa shape index (κ2) is 7.21. The van der Waals surface area contributed by atoms with Crippen LogP contribution in [0.15, 0.2) is 18.3 Å². The molecular weight excluding hydrogens is 320 g/mol. The normalized spacial score (nSPS) is 21.6. The van der Waals surface area contributed by atoms with Gasteiger partial charge in [0.1, 0.15) is 5.82 Å². The molecule has 3 heterocycles. The monoisotopic (exact) mass is 348 g/mol. The highest BCUT2D eigenvalue weighted by molar-refractivity contribution is 8.00. The Morgan fingerprint density at radius 1 is 1.29 bits per heavy atom. The fourth-order valence-electron chi connectivity index (χ4n) is 3.36. The van der Waals surface area contributed by atoms with E-state index in [9.17, 15) is 4.79 Å². The number of nitrogens with zero attached hydrogens (tertiary/aromatic N) is 3. The molecule has 1 aromatic heterocycles. The van der Waals surface area contributed by atoms with E-state index < -0.39 is 0 Å². The topological polar surface area (TPSA) is 48.5 Å². The molecule has 1 N–H and O–H groups in total. The van der Waals surface area contributed by atoms with Crippen LogP contribution in [0.1, 0.15) is 32.3 Å². The molecule has 0 unspecified atom stereocenters. The quantitative estimate of drug-likeness (QED) is 0.893. The summed E-state index contributed by atoms with van der Waals surface area (Å²) in [6.45, 7) is 10.1. The van der Waals surface area contributed by atoms with Gasteiger partial charge in [-0.15, -0.1) is 0 Å². The molecule has 2 saturated heterocycles. The van der Waals surface area contributed by atoms with Crippen molar-refractivity contribution in [2.75, 3.05) is 36.8 Å². The summed E-state index contributed by atoms with van der Waals surface area (Å²) in [7, 11) is 0. The molecular formula is C18H28N4OS. The zero-order valence-corrected chi connectivity index (χ0v) is 15.7. The highest BCUT2D eigenvalue weighted by Crippen LogP contribution is 2.29. The molecule has 0 aromatic carbocycles. The average Bonchev–Trinajstić information content (AvgIpc) is 2.55. The standard InChI is InChI=1S/C18H28N4OS/c1-14-4-5-16(19-12-14)21-8-6-15(7-9-21)20-17(23)22-10-11-24-18(2,3)13-22/h4-5,12,15H,6-11,13H2,1-3H3,(H,20,23). The van der Waals surface area contributed by atoms with Gasteiger partial charge in [0.2, 0.25) is 0 Å². The molecule has 2 amide bonds. The van der Waals surface area contributed by atoms with Gasteiger partial charge in [-0.05, 0) is 45.2 Å². The van der Waals surface area contributed by atoms with Crippen molar-refractivity contribution >= 4 is 23.6 Å². The van der Waals surface area contributed by atoms with Crippen LogP contribution in [0.2, 0.25) is 0 Å². The molecule has 0 aliphatic carbocycles. The van der Waals surface area contributed by atoms with Crippen molar-refractivity contribution < 1.29 is 4.79 Å². The number of nitrogens with one attached hydrogen (secondary N) is 1. The van der Waals surface area contributed by atoms with Gasteiger partial charge in [-0.3, -0.25) is 0 Å². The van der Waals surface area contributed by atoms with E-state index >= 15 is 0 Å². The van der Waals surface area contributed by atoms with Crippen LogP contribution in [-0.4, -0.2) is 58.6 Å². The van der Waals surface area contributed by atoms with Gasteiger partial charge in [-0.25, -0.2) is 9.78 Å². The Hall–Kier alpha value is -1.43. The summed E-state index contributed by atoms with van der Waals surface area (Å²) >= 11 is 1.95. The first-order valence-corrected chi connectivity index (χ1v) is 9.78. The van der Waals surface area contributed by atoms with Crippen LogP contribution in [0.4, 0.5) is 10.6 Å². The van der Waals surface area contributed by atoms with E-state index in [2.05, 4.69) is 48.1 Å². The minimum absolute atomic E-state index is 0.107. The molecule has 1 aromatic rings. The Morgan fingerprint density at radius 2 is 2.04 bits per heavy atom. The molecule has 132 valence electrons. The third kappa shape index (κ3) is 4.35. The van der Waals surface area contributed by atoms with Crippen molar-refractivity contribution in [2.45, 2.75) is 44.4 Å². The number of aryl methyl sites for hydroxylation is 1. The lowest BCUT2D eigenvalue weighted by Gasteiger charge is -2.39. The number of hydrogen-bond donors (Lipinski definition) is 1. The SMILES string of the molecule is Cc1ccc(N2CCC(NC(=O)N3CCSC(C)(C)C3)CC2)nc1. The minimum atomic E-state index is 0.107. The van der Waals surface area contributed by atoms with E-state index in [1.54, 1.807) is 0 Å². The van der Waals surface area contributed by atoms with Gasteiger partial charge in [0.25, 0.3) is 0 Å². The summed E-state index contributed by atoms with van der Waals surface area (Å²) < 4.78 is 0.163. The van der Waals surface area contributed by atoms with Crippen molar-refractivity contribution in [1.82, 2.24) is 15.2 Å². The largest absolute Gasteiger partial charge is 0.356 e. The first kappa shape index (κ1) is 17.4. The Bertz CT molecular complexity index is 567. The number of thioether (sulfide) groups is 1. The Balaban J connectivity index is 1.48. The van der Waals surface area contributed by atoms with Gasteiger partial charge in [0, 0.05) is 48.9 Å². The van der Waals surface area contributed by atoms with Crippen LogP contribution >= 0.6 is 11.8 Å². The van der Waals surface area contributed by atoms with E-state index in [1.165, 1.54) is 5.56 Å². The molecule has 2 aliphatic heterocycles. The Morgan fingerprint density at radius 3 is 2.67 bits per heavy atom. The van der Waals surface area contributed by atoms with Crippen LogP contribution in [0.3, 0.4) is 0 Å². The molecule has 0 atom stereocenters. The number of hydrogen-bond acceptors (Lipinski definition) is 4. The van der Waals surface area contributed by atoms with Crippen LogP contribution in [0.25, 0.3) is 0 Å². The molecule has 0 saturated carbocycles. The summed E-state index contributed by atoms with van der Waals surface area (Å²) in [6.07, 6.45) is 3.87. The van der Waals surface area contributed by atoms with Crippen LogP contribution in [0, 0.1) is 6.92 Å². The van der Waals surface area contributed by atoms with Crippen molar-refractivity contribution in [2.24, 2.45) is 0 Å². The number of aromatic nitrogens is 1. The number of piperidine rings is 1. The first-order valence-electron chi connectivity index (χ1n) is 8.80.